The van der Waals surface area contributed by atoms with E-state index in [1.165, 1.54) is 11.3 Å². The first kappa shape index (κ1) is 13.0. The molecular formula is C12H12ClN3OS. The summed E-state index contributed by atoms with van der Waals surface area (Å²) >= 11 is 7.17. The highest BCUT2D eigenvalue weighted by atomic mass is 35.5. The standard InChI is InChI=1S/C12H12ClN3OS/c13-9-3-1-8(2-4-9)6-15-12(17)10-7-18-11(5-14)16-10/h1-4,7H,5-6,14H2,(H,15,17). The van der Waals surface area contributed by atoms with Crippen molar-refractivity contribution in [2.24, 2.45) is 5.73 Å². The summed E-state index contributed by atoms with van der Waals surface area (Å²) in [6, 6.07) is 7.32. The number of carbonyl (C=O) groups excluding carboxylic acids is 1. The molecular weight excluding hydrogens is 270 g/mol. The molecule has 0 fully saturated rings. The number of halogens is 1. The summed E-state index contributed by atoms with van der Waals surface area (Å²) in [5.74, 6) is -0.194. The van der Waals surface area contributed by atoms with Gasteiger partial charge >= 0.3 is 0 Å². The molecule has 0 aliphatic rings. The van der Waals surface area contributed by atoms with Crippen molar-refractivity contribution >= 4 is 28.8 Å². The van der Waals surface area contributed by atoms with Crippen molar-refractivity contribution in [1.29, 1.82) is 0 Å². The lowest BCUT2D eigenvalue weighted by molar-refractivity contribution is 0.0946. The minimum atomic E-state index is -0.194. The number of thiazole rings is 1. The molecule has 0 spiro atoms. The zero-order valence-corrected chi connectivity index (χ0v) is 11.1. The van der Waals surface area contributed by atoms with Crippen molar-refractivity contribution < 1.29 is 4.79 Å². The molecule has 2 aromatic rings. The molecule has 4 nitrogen and oxygen atoms in total. The Labute approximate surface area is 114 Å². The molecule has 1 aromatic heterocycles. The van der Waals surface area contributed by atoms with Crippen LogP contribution in [0.4, 0.5) is 0 Å². The van der Waals surface area contributed by atoms with Crippen LogP contribution in [0.3, 0.4) is 0 Å². The number of carbonyl (C=O) groups is 1. The molecule has 1 heterocycles. The van der Waals surface area contributed by atoms with E-state index in [-0.39, 0.29) is 5.91 Å². The van der Waals surface area contributed by atoms with Gasteiger partial charge in [-0.2, -0.15) is 0 Å². The smallest absolute Gasteiger partial charge is 0.271 e. The highest BCUT2D eigenvalue weighted by molar-refractivity contribution is 7.09. The number of amides is 1. The van der Waals surface area contributed by atoms with E-state index >= 15 is 0 Å². The van der Waals surface area contributed by atoms with Crippen LogP contribution in [0, 0.1) is 0 Å². The Hall–Kier alpha value is -1.43. The van der Waals surface area contributed by atoms with Crippen LogP contribution >= 0.6 is 22.9 Å². The van der Waals surface area contributed by atoms with Crippen molar-refractivity contribution in [2.45, 2.75) is 13.1 Å². The number of hydrogen-bond donors (Lipinski definition) is 2. The van der Waals surface area contributed by atoms with E-state index in [0.717, 1.165) is 10.6 Å². The van der Waals surface area contributed by atoms with Gasteiger partial charge < -0.3 is 11.1 Å². The Balaban J connectivity index is 1.93. The van der Waals surface area contributed by atoms with Gasteiger partial charge in [0.2, 0.25) is 0 Å². The summed E-state index contributed by atoms with van der Waals surface area (Å²) in [4.78, 5) is 15.9. The summed E-state index contributed by atoms with van der Waals surface area (Å²) in [5.41, 5.74) is 6.85. The van der Waals surface area contributed by atoms with Gasteiger partial charge in [0.1, 0.15) is 10.7 Å². The topological polar surface area (TPSA) is 68.0 Å². The number of hydrogen-bond acceptors (Lipinski definition) is 4. The van der Waals surface area contributed by atoms with Crippen LogP contribution in [0.25, 0.3) is 0 Å². The second-order valence-electron chi connectivity index (χ2n) is 3.64. The average molecular weight is 282 g/mol. The van der Waals surface area contributed by atoms with Gasteiger partial charge in [0.15, 0.2) is 0 Å². The zero-order chi connectivity index (χ0) is 13.0. The number of rotatable bonds is 4. The molecule has 0 saturated heterocycles. The molecule has 0 bridgehead atoms. The van der Waals surface area contributed by atoms with E-state index in [9.17, 15) is 4.79 Å². The quantitative estimate of drug-likeness (QED) is 0.903. The first-order valence-corrected chi connectivity index (χ1v) is 6.62. The molecule has 0 saturated carbocycles. The first-order valence-electron chi connectivity index (χ1n) is 5.36. The van der Waals surface area contributed by atoms with Crippen LogP contribution in [0.5, 0.6) is 0 Å². The SMILES string of the molecule is NCc1nc(C(=O)NCc2ccc(Cl)cc2)cs1. The number of nitrogens with zero attached hydrogens (tertiary/aromatic N) is 1. The van der Waals surface area contributed by atoms with Gasteiger partial charge in [0, 0.05) is 23.5 Å². The first-order chi connectivity index (χ1) is 8.69. The fourth-order valence-electron chi connectivity index (χ4n) is 1.38. The van der Waals surface area contributed by atoms with Crippen LogP contribution in [0.1, 0.15) is 21.1 Å². The summed E-state index contributed by atoms with van der Waals surface area (Å²) in [6.45, 7) is 0.806. The molecule has 0 unspecified atom stereocenters. The van der Waals surface area contributed by atoms with Gasteiger partial charge in [0.05, 0.1) is 0 Å². The Morgan fingerprint density at radius 2 is 2.11 bits per heavy atom. The van der Waals surface area contributed by atoms with E-state index < -0.39 is 0 Å². The lowest BCUT2D eigenvalue weighted by Crippen LogP contribution is -2.23. The summed E-state index contributed by atoms with van der Waals surface area (Å²) < 4.78 is 0. The maximum atomic E-state index is 11.8. The maximum absolute atomic E-state index is 11.8. The van der Waals surface area contributed by atoms with Crippen LogP contribution in [0.2, 0.25) is 5.02 Å². The summed E-state index contributed by atoms with van der Waals surface area (Å²) in [5, 5.41) is 5.94. The van der Waals surface area contributed by atoms with Crippen LogP contribution in [-0.2, 0) is 13.1 Å². The van der Waals surface area contributed by atoms with E-state index in [4.69, 9.17) is 17.3 Å². The lowest BCUT2D eigenvalue weighted by atomic mass is 10.2. The Morgan fingerprint density at radius 3 is 2.72 bits per heavy atom. The molecule has 0 atom stereocenters. The van der Waals surface area contributed by atoms with Crippen LogP contribution in [0.15, 0.2) is 29.6 Å². The van der Waals surface area contributed by atoms with Crippen molar-refractivity contribution in [1.82, 2.24) is 10.3 Å². The third-order valence-corrected chi connectivity index (χ3v) is 3.45. The molecule has 2 rings (SSSR count). The number of aromatic nitrogens is 1. The molecule has 0 aliphatic carbocycles. The molecule has 3 N–H and O–H groups in total. The number of nitrogens with one attached hydrogen (secondary N) is 1. The Bertz CT molecular complexity index is 539. The monoisotopic (exact) mass is 281 g/mol. The predicted octanol–water partition coefficient (Wildman–Crippen LogP) is 2.19. The van der Waals surface area contributed by atoms with Crippen molar-refractivity contribution in [2.75, 3.05) is 0 Å². The van der Waals surface area contributed by atoms with Crippen molar-refractivity contribution in [3.05, 3.63) is 50.9 Å². The van der Waals surface area contributed by atoms with E-state index in [2.05, 4.69) is 10.3 Å². The molecule has 0 radical (unpaired) electrons. The predicted molar refractivity (Wildman–Crippen MR) is 72.6 cm³/mol. The second kappa shape index (κ2) is 5.95. The summed E-state index contributed by atoms with van der Waals surface area (Å²) in [6.07, 6.45) is 0. The van der Waals surface area contributed by atoms with E-state index in [1.54, 1.807) is 17.5 Å². The largest absolute Gasteiger partial charge is 0.347 e. The zero-order valence-electron chi connectivity index (χ0n) is 9.52. The lowest BCUT2D eigenvalue weighted by Gasteiger charge is -2.03. The Morgan fingerprint density at radius 1 is 1.39 bits per heavy atom. The normalized spacial score (nSPS) is 10.3. The van der Waals surface area contributed by atoms with Crippen LogP contribution in [-0.4, -0.2) is 10.9 Å². The van der Waals surface area contributed by atoms with Gasteiger partial charge in [-0.3, -0.25) is 4.79 Å². The average Bonchev–Trinajstić information content (AvgIpc) is 2.86. The maximum Gasteiger partial charge on any atom is 0.271 e. The van der Waals surface area contributed by atoms with Gasteiger partial charge in [0.25, 0.3) is 5.91 Å². The fraction of sp³-hybridized carbons (Fsp3) is 0.167. The minimum absolute atomic E-state index is 0.194. The van der Waals surface area contributed by atoms with Crippen molar-refractivity contribution in [3.8, 4) is 0 Å². The van der Waals surface area contributed by atoms with Gasteiger partial charge in [-0.05, 0) is 17.7 Å². The number of benzene rings is 1. The third-order valence-electron chi connectivity index (χ3n) is 2.33. The highest BCUT2D eigenvalue weighted by Gasteiger charge is 2.09. The molecule has 6 heteroatoms. The summed E-state index contributed by atoms with van der Waals surface area (Å²) in [7, 11) is 0. The van der Waals surface area contributed by atoms with E-state index in [0.29, 0.717) is 23.8 Å². The highest BCUT2D eigenvalue weighted by Crippen LogP contribution is 2.11. The fourth-order valence-corrected chi connectivity index (χ4v) is 2.16. The van der Waals surface area contributed by atoms with Gasteiger partial charge in [-0.15, -0.1) is 11.3 Å². The van der Waals surface area contributed by atoms with E-state index in [1.807, 2.05) is 12.1 Å². The van der Waals surface area contributed by atoms with Gasteiger partial charge in [-0.1, -0.05) is 23.7 Å². The Kier molecular flexibility index (Phi) is 4.30. The molecule has 1 amide bonds. The van der Waals surface area contributed by atoms with Crippen LogP contribution < -0.4 is 11.1 Å². The van der Waals surface area contributed by atoms with Gasteiger partial charge in [-0.25, -0.2) is 4.98 Å². The molecule has 18 heavy (non-hydrogen) atoms. The second-order valence-corrected chi connectivity index (χ2v) is 5.02. The minimum Gasteiger partial charge on any atom is -0.347 e. The molecule has 0 aliphatic heterocycles. The molecule has 1 aromatic carbocycles. The van der Waals surface area contributed by atoms with Crippen molar-refractivity contribution in [3.63, 3.8) is 0 Å². The number of nitrogens with two attached hydrogens (primary N) is 1. The molecule has 94 valence electrons. The third kappa shape index (κ3) is 3.29.